The number of pyridine rings is 2. The largest absolute Gasteiger partial charge is 0.264 e. The summed E-state index contributed by atoms with van der Waals surface area (Å²) in [7, 11) is -3.13. The molecule has 2 aromatic rings. The third kappa shape index (κ3) is 4.52. The van der Waals surface area contributed by atoms with E-state index < -0.39 is 15.1 Å². The first-order chi connectivity index (χ1) is 11.3. The second kappa shape index (κ2) is 7.73. The first kappa shape index (κ1) is 18.4. The zero-order chi connectivity index (χ0) is 17.7. The fraction of sp³-hybridized carbons (Fsp3) is 0.222. The summed E-state index contributed by atoms with van der Waals surface area (Å²) >= 11 is 6.12. The Morgan fingerprint density at radius 3 is 2.67 bits per heavy atom. The van der Waals surface area contributed by atoms with E-state index in [0.717, 1.165) is 22.4 Å². The van der Waals surface area contributed by atoms with E-state index >= 15 is 0 Å². The monoisotopic (exact) mass is 362 g/mol. The molecule has 2 aromatic heterocycles. The molecule has 0 bridgehead atoms. The SMILES string of the molecule is C/C=C(\C=C/C(C)S(C)(=O)=O)c1cc(Cl)cnc1-c1cccnc1. The van der Waals surface area contributed by atoms with E-state index in [4.69, 9.17) is 11.6 Å². The molecule has 0 saturated heterocycles. The van der Waals surface area contributed by atoms with Gasteiger partial charge in [0.2, 0.25) is 0 Å². The van der Waals surface area contributed by atoms with Crippen molar-refractivity contribution in [1.82, 2.24) is 9.97 Å². The number of sulfone groups is 1. The van der Waals surface area contributed by atoms with E-state index in [9.17, 15) is 8.42 Å². The highest BCUT2D eigenvalue weighted by molar-refractivity contribution is 7.91. The predicted octanol–water partition coefficient (Wildman–Crippen LogP) is 4.19. The summed E-state index contributed by atoms with van der Waals surface area (Å²) < 4.78 is 23.2. The van der Waals surface area contributed by atoms with Gasteiger partial charge >= 0.3 is 0 Å². The molecule has 0 spiro atoms. The van der Waals surface area contributed by atoms with Crippen molar-refractivity contribution in [2.45, 2.75) is 19.1 Å². The standard InChI is InChI=1S/C18H19ClN2O2S/c1-4-14(8-7-13(2)24(3,22)23)17-10-16(19)12-21-18(17)15-6-5-9-20-11-15/h4-13H,1-3H3/b8-7-,14-4+. The highest BCUT2D eigenvalue weighted by Gasteiger charge is 2.13. The van der Waals surface area contributed by atoms with Gasteiger partial charge in [-0.1, -0.05) is 29.8 Å². The molecule has 4 nitrogen and oxygen atoms in total. The van der Waals surface area contributed by atoms with Gasteiger partial charge in [0.05, 0.1) is 16.0 Å². The normalized spacial score (nSPS) is 14.1. The van der Waals surface area contributed by atoms with Crippen molar-refractivity contribution < 1.29 is 8.42 Å². The number of hydrogen-bond donors (Lipinski definition) is 0. The average Bonchev–Trinajstić information content (AvgIpc) is 2.55. The number of halogens is 1. The quantitative estimate of drug-likeness (QED) is 0.748. The molecule has 1 atom stereocenters. The van der Waals surface area contributed by atoms with Crippen LogP contribution >= 0.6 is 11.6 Å². The Labute approximate surface area is 147 Å². The van der Waals surface area contributed by atoms with E-state index in [1.807, 2.05) is 31.2 Å². The molecule has 2 heterocycles. The van der Waals surface area contributed by atoms with Crippen LogP contribution in [0.3, 0.4) is 0 Å². The Bertz CT molecular complexity index is 875. The van der Waals surface area contributed by atoms with Crippen LogP contribution in [-0.2, 0) is 9.84 Å². The molecule has 6 heteroatoms. The molecule has 0 amide bonds. The molecule has 1 unspecified atom stereocenters. The van der Waals surface area contributed by atoms with Crippen LogP contribution in [0.2, 0.25) is 5.02 Å². The molecular weight excluding hydrogens is 344 g/mol. The number of allylic oxidation sites excluding steroid dienone is 3. The Morgan fingerprint density at radius 1 is 1.33 bits per heavy atom. The maximum atomic E-state index is 11.6. The van der Waals surface area contributed by atoms with Crippen LogP contribution in [0.25, 0.3) is 16.8 Å². The van der Waals surface area contributed by atoms with Gasteiger partial charge < -0.3 is 0 Å². The van der Waals surface area contributed by atoms with E-state index in [1.54, 1.807) is 37.7 Å². The van der Waals surface area contributed by atoms with E-state index in [2.05, 4.69) is 9.97 Å². The molecule has 0 fully saturated rings. The molecule has 0 N–H and O–H groups in total. The lowest BCUT2D eigenvalue weighted by Gasteiger charge is -2.11. The van der Waals surface area contributed by atoms with E-state index in [0.29, 0.717) is 5.02 Å². The maximum absolute atomic E-state index is 11.6. The van der Waals surface area contributed by atoms with Crippen molar-refractivity contribution in [1.29, 1.82) is 0 Å². The van der Waals surface area contributed by atoms with Gasteiger partial charge in [0.25, 0.3) is 0 Å². The summed E-state index contributed by atoms with van der Waals surface area (Å²) in [5.74, 6) is 0. The minimum atomic E-state index is -3.13. The molecular formula is C18H19ClN2O2S. The van der Waals surface area contributed by atoms with Crippen LogP contribution in [0, 0.1) is 0 Å². The Hall–Kier alpha value is -1.98. The molecule has 0 radical (unpaired) electrons. The zero-order valence-corrected chi connectivity index (χ0v) is 15.3. The van der Waals surface area contributed by atoms with Crippen molar-refractivity contribution in [2.75, 3.05) is 6.26 Å². The van der Waals surface area contributed by atoms with Crippen LogP contribution in [0.1, 0.15) is 19.4 Å². The topological polar surface area (TPSA) is 59.9 Å². The summed E-state index contributed by atoms with van der Waals surface area (Å²) in [6.45, 7) is 3.54. The minimum absolute atomic E-state index is 0.515. The minimum Gasteiger partial charge on any atom is -0.264 e. The third-order valence-corrected chi connectivity index (χ3v) is 5.35. The fourth-order valence-electron chi connectivity index (χ4n) is 2.12. The molecule has 0 aliphatic carbocycles. The summed E-state index contributed by atoms with van der Waals surface area (Å²) in [6, 6.07) is 5.58. The molecule has 0 saturated carbocycles. The number of rotatable bonds is 5. The lowest BCUT2D eigenvalue weighted by atomic mass is 9.99. The second-order valence-corrected chi connectivity index (χ2v) is 8.27. The van der Waals surface area contributed by atoms with Crippen molar-refractivity contribution in [2.24, 2.45) is 0 Å². The lowest BCUT2D eigenvalue weighted by molar-refractivity contribution is 0.597. The summed E-state index contributed by atoms with van der Waals surface area (Å²) in [5.41, 5.74) is 3.29. The zero-order valence-electron chi connectivity index (χ0n) is 13.8. The van der Waals surface area contributed by atoms with Crippen LogP contribution in [0.4, 0.5) is 0 Å². The summed E-state index contributed by atoms with van der Waals surface area (Å²) in [6.07, 6.45) is 11.6. The Balaban J connectivity index is 2.50. The Kier molecular flexibility index (Phi) is 5.91. The highest BCUT2D eigenvalue weighted by Crippen LogP contribution is 2.29. The van der Waals surface area contributed by atoms with E-state index in [-0.39, 0.29) is 0 Å². The molecule has 24 heavy (non-hydrogen) atoms. The highest BCUT2D eigenvalue weighted by atomic mass is 35.5. The lowest BCUT2D eigenvalue weighted by Crippen LogP contribution is -2.12. The molecule has 126 valence electrons. The molecule has 2 rings (SSSR count). The Morgan fingerprint density at radius 2 is 2.08 bits per heavy atom. The van der Waals surface area contributed by atoms with Crippen molar-refractivity contribution >= 4 is 27.0 Å². The molecule has 0 aliphatic heterocycles. The second-order valence-electron chi connectivity index (χ2n) is 5.43. The molecule has 0 aliphatic rings. The third-order valence-electron chi connectivity index (χ3n) is 3.63. The van der Waals surface area contributed by atoms with Gasteiger partial charge in [-0.25, -0.2) is 8.42 Å². The van der Waals surface area contributed by atoms with Gasteiger partial charge in [-0.05, 0) is 37.6 Å². The van der Waals surface area contributed by atoms with Crippen LogP contribution in [0.15, 0.2) is 55.0 Å². The van der Waals surface area contributed by atoms with Crippen LogP contribution < -0.4 is 0 Å². The molecule has 0 aromatic carbocycles. The smallest absolute Gasteiger partial charge is 0.153 e. The average molecular weight is 363 g/mol. The maximum Gasteiger partial charge on any atom is 0.153 e. The van der Waals surface area contributed by atoms with Crippen molar-refractivity contribution in [3.63, 3.8) is 0 Å². The van der Waals surface area contributed by atoms with Gasteiger partial charge in [0, 0.05) is 36.0 Å². The first-order valence-electron chi connectivity index (χ1n) is 7.42. The van der Waals surface area contributed by atoms with E-state index in [1.165, 1.54) is 6.26 Å². The van der Waals surface area contributed by atoms with Crippen molar-refractivity contribution in [3.8, 4) is 11.3 Å². The first-order valence-corrected chi connectivity index (χ1v) is 9.76. The van der Waals surface area contributed by atoms with Crippen molar-refractivity contribution in [3.05, 3.63) is 65.6 Å². The summed E-state index contributed by atoms with van der Waals surface area (Å²) in [5, 5.41) is -0.0528. The van der Waals surface area contributed by atoms with Gasteiger partial charge in [0.15, 0.2) is 9.84 Å². The number of nitrogens with zero attached hydrogens (tertiary/aromatic N) is 2. The van der Waals surface area contributed by atoms with Gasteiger partial charge in [0.1, 0.15) is 0 Å². The number of aromatic nitrogens is 2. The van der Waals surface area contributed by atoms with Crippen LogP contribution in [0.5, 0.6) is 0 Å². The van der Waals surface area contributed by atoms with Crippen LogP contribution in [-0.4, -0.2) is 29.9 Å². The fourth-order valence-corrected chi connectivity index (χ4v) is 2.64. The van der Waals surface area contributed by atoms with Gasteiger partial charge in [-0.2, -0.15) is 0 Å². The predicted molar refractivity (Wildman–Crippen MR) is 99.6 cm³/mol. The van der Waals surface area contributed by atoms with Gasteiger partial charge in [-0.3, -0.25) is 9.97 Å². The van der Waals surface area contributed by atoms with Gasteiger partial charge in [-0.15, -0.1) is 0 Å². The summed E-state index contributed by atoms with van der Waals surface area (Å²) in [4.78, 5) is 8.55. The number of hydrogen-bond acceptors (Lipinski definition) is 4.